The van der Waals surface area contributed by atoms with Gasteiger partial charge in [-0.3, -0.25) is 4.79 Å². The molecule has 1 aromatic rings. The molecule has 2 atom stereocenters. The van der Waals surface area contributed by atoms with E-state index in [2.05, 4.69) is 37.1 Å². The molecule has 2 aliphatic heterocycles. The lowest BCUT2D eigenvalue weighted by Crippen LogP contribution is -2.48. The molecule has 170 valence electrons. The minimum atomic E-state index is -0.667. The number of carbonyl (C=O) groups is 2. The van der Waals surface area contributed by atoms with Gasteiger partial charge in [-0.1, -0.05) is 43.2 Å². The van der Waals surface area contributed by atoms with Crippen LogP contribution in [0.15, 0.2) is 35.9 Å². The normalized spacial score (nSPS) is 20.3. The molecular formula is C25H37N3O3. The van der Waals surface area contributed by atoms with Crippen LogP contribution in [0.5, 0.6) is 0 Å². The lowest BCUT2D eigenvalue weighted by atomic mass is 9.97. The molecule has 2 aliphatic rings. The van der Waals surface area contributed by atoms with E-state index in [1.165, 1.54) is 18.4 Å². The Morgan fingerprint density at radius 1 is 1.23 bits per heavy atom. The molecule has 1 fully saturated rings. The standard InChI is InChI=1S/C25H37N3O3/c1-5-9-19(16-18(3)4)17-27-14-12-20(13-15-27)28-22-11-8-7-10-21(22)23(24(28)29)26-25(30)31-6-2/h7-8,10-11,16,19-20,23H,5-6,9,12-15,17H2,1-4H3,(H,26,30). The second-order valence-electron chi connectivity index (χ2n) is 8.89. The van der Waals surface area contributed by atoms with E-state index in [-0.39, 0.29) is 18.6 Å². The monoisotopic (exact) mass is 427 g/mol. The molecule has 6 heteroatoms. The predicted octanol–water partition coefficient (Wildman–Crippen LogP) is 4.67. The highest BCUT2D eigenvalue weighted by molar-refractivity contribution is 6.06. The smallest absolute Gasteiger partial charge is 0.408 e. The fourth-order valence-electron chi connectivity index (χ4n) is 4.91. The Hall–Kier alpha value is -2.34. The van der Waals surface area contributed by atoms with Gasteiger partial charge in [0.2, 0.25) is 0 Å². The number of benzene rings is 1. The van der Waals surface area contributed by atoms with Crippen molar-refractivity contribution in [3.8, 4) is 0 Å². The van der Waals surface area contributed by atoms with Crippen molar-refractivity contribution in [3.63, 3.8) is 0 Å². The summed E-state index contributed by atoms with van der Waals surface area (Å²) in [6.45, 7) is 11.7. The van der Waals surface area contributed by atoms with Crippen LogP contribution in [0, 0.1) is 5.92 Å². The molecule has 0 radical (unpaired) electrons. The maximum Gasteiger partial charge on any atom is 0.408 e. The molecule has 0 aromatic heterocycles. The van der Waals surface area contributed by atoms with Crippen molar-refractivity contribution in [1.82, 2.24) is 10.2 Å². The molecule has 0 bridgehead atoms. The Morgan fingerprint density at radius 3 is 2.58 bits per heavy atom. The van der Waals surface area contributed by atoms with Gasteiger partial charge in [0.1, 0.15) is 6.04 Å². The van der Waals surface area contributed by atoms with Crippen molar-refractivity contribution in [3.05, 3.63) is 41.5 Å². The summed E-state index contributed by atoms with van der Waals surface area (Å²) in [5.41, 5.74) is 3.16. The summed E-state index contributed by atoms with van der Waals surface area (Å²) < 4.78 is 5.01. The first-order chi connectivity index (χ1) is 14.9. The van der Waals surface area contributed by atoms with E-state index in [4.69, 9.17) is 4.74 Å². The number of nitrogens with one attached hydrogen (secondary N) is 1. The first kappa shape index (κ1) is 23.3. The number of allylic oxidation sites excluding steroid dienone is 1. The van der Waals surface area contributed by atoms with Crippen LogP contribution in [0.4, 0.5) is 10.5 Å². The zero-order valence-corrected chi connectivity index (χ0v) is 19.4. The van der Waals surface area contributed by atoms with Crippen LogP contribution in [0.3, 0.4) is 0 Å². The summed E-state index contributed by atoms with van der Waals surface area (Å²) in [5.74, 6) is 0.542. The molecule has 1 saturated heterocycles. The number of likely N-dealkylation sites (tertiary alicyclic amines) is 1. The predicted molar refractivity (Wildman–Crippen MR) is 124 cm³/mol. The molecule has 2 heterocycles. The summed E-state index contributed by atoms with van der Waals surface area (Å²) >= 11 is 0. The van der Waals surface area contributed by atoms with Crippen molar-refractivity contribution in [2.24, 2.45) is 5.92 Å². The topological polar surface area (TPSA) is 61.9 Å². The zero-order valence-electron chi connectivity index (χ0n) is 19.4. The van der Waals surface area contributed by atoms with Crippen molar-refractivity contribution in [2.75, 3.05) is 31.1 Å². The highest BCUT2D eigenvalue weighted by Crippen LogP contribution is 2.39. The van der Waals surface area contributed by atoms with Gasteiger partial charge in [-0.05, 0) is 52.0 Å². The largest absolute Gasteiger partial charge is 0.450 e. The van der Waals surface area contributed by atoms with Gasteiger partial charge in [0, 0.05) is 36.9 Å². The molecular weight excluding hydrogens is 390 g/mol. The number of piperidine rings is 1. The third-order valence-electron chi connectivity index (χ3n) is 6.17. The number of carbonyl (C=O) groups excluding carboxylic acids is 2. The van der Waals surface area contributed by atoms with Gasteiger partial charge in [-0.25, -0.2) is 4.79 Å². The van der Waals surface area contributed by atoms with E-state index in [0.29, 0.717) is 5.92 Å². The number of ether oxygens (including phenoxy) is 1. The van der Waals surface area contributed by atoms with Crippen molar-refractivity contribution in [2.45, 2.75) is 65.5 Å². The lowest BCUT2D eigenvalue weighted by Gasteiger charge is -2.38. The molecule has 0 spiro atoms. The fourth-order valence-corrected chi connectivity index (χ4v) is 4.91. The maximum absolute atomic E-state index is 13.3. The van der Waals surface area contributed by atoms with E-state index in [0.717, 1.165) is 43.7 Å². The van der Waals surface area contributed by atoms with Crippen LogP contribution in [-0.2, 0) is 9.53 Å². The first-order valence-corrected chi connectivity index (χ1v) is 11.7. The summed E-state index contributed by atoms with van der Waals surface area (Å²) in [5, 5.41) is 2.75. The van der Waals surface area contributed by atoms with E-state index in [1.54, 1.807) is 6.92 Å². The van der Waals surface area contributed by atoms with Gasteiger partial charge in [0.05, 0.1) is 6.61 Å². The molecule has 2 amide bonds. The number of anilines is 1. The molecule has 1 aromatic carbocycles. The summed E-state index contributed by atoms with van der Waals surface area (Å²) in [6, 6.07) is 7.27. The van der Waals surface area contributed by atoms with Crippen LogP contribution in [0.1, 0.15) is 65.0 Å². The Labute approximate surface area is 186 Å². The minimum absolute atomic E-state index is 0.0545. The summed E-state index contributed by atoms with van der Waals surface area (Å²) in [7, 11) is 0. The first-order valence-electron chi connectivity index (χ1n) is 11.7. The van der Waals surface area contributed by atoms with Gasteiger partial charge in [0.25, 0.3) is 5.91 Å². The highest BCUT2D eigenvalue weighted by atomic mass is 16.5. The van der Waals surface area contributed by atoms with Gasteiger partial charge < -0.3 is 19.9 Å². The van der Waals surface area contributed by atoms with Crippen LogP contribution in [-0.4, -0.2) is 49.2 Å². The average Bonchev–Trinajstić information content (AvgIpc) is 3.00. The van der Waals surface area contributed by atoms with Crippen molar-refractivity contribution >= 4 is 17.7 Å². The van der Waals surface area contributed by atoms with Crippen LogP contribution >= 0.6 is 0 Å². The average molecular weight is 428 g/mol. The zero-order chi connectivity index (χ0) is 22.4. The van der Waals surface area contributed by atoms with E-state index in [9.17, 15) is 9.59 Å². The Morgan fingerprint density at radius 2 is 1.94 bits per heavy atom. The Balaban J connectivity index is 1.66. The van der Waals surface area contributed by atoms with E-state index in [1.807, 2.05) is 29.2 Å². The number of hydrogen-bond acceptors (Lipinski definition) is 4. The van der Waals surface area contributed by atoms with Crippen molar-refractivity contribution in [1.29, 1.82) is 0 Å². The number of para-hydroxylation sites is 1. The molecule has 1 N–H and O–H groups in total. The quantitative estimate of drug-likeness (QED) is 0.613. The van der Waals surface area contributed by atoms with Crippen molar-refractivity contribution < 1.29 is 14.3 Å². The van der Waals surface area contributed by atoms with Gasteiger partial charge in [0.15, 0.2) is 0 Å². The minimum Gasteiger partial charge on any atom is -0.450 e. The molecule has 2 unspecified atom stereocenters. The maximum atomic E-state index is 13.3. The van der Waals surface area contributed by atoms with E-state index < -0.39 is 12.1 Å². The highest BCUT2D eigenvalue weighted by Gasteiger charge is 2.42. The molecule has 0 aliphatic carbocycles. The molecule has 3 rings (SSSR count). The number of alkyl carbamates (subject to hydrolysis) is 1. The number of rotatable bonds is 8. The third-order valence-corrected chi connectivity index (χ3v) is 6.17. The third kappa shape index (κ3) is 5.67. The van der Waals surface area contributed by atoms with Gasteiger partial charge in [-0.15, -0.1) is 0 Å². The van der Waals surface area contributed by atoms with Crippen LogP contribution in [0.25, 0.3) is 0 Å². The second-order valence-corrected chi connectivity index (χ2v) is 8.89. The second kappa shape index (κ2) is 10.8. The molecule has 0 saturated carbocycles. The number of fused-ring (bicyclic) bond motifs is 1. The van der Waals surface area contributed by atoms with Gasteiger partial charge >= 0.3 is 6.09 Å². The molecule has 6 nitrogen and oxygen atoms in total. The summed E-state index contributed by atoms with van der Waals surface area (Å²) in [6.07, 6.45) is 6.15. The van der Waals surface area contributed by atoms with E-state index >= 15 is 0 Å². The number of nitrogens with zero attached hydrogens (tertiary/aromatic N) is 2. The van der Waals surface area contributed by atoms with Gasteiger partial charge in [-0.2, -0.15) is 0 Å². The number of hydrogen-bond donors (Lipinski definition) is 1. The lowest BCUT2D eigenvalue weighted by molar-refractivity contribution is -0.120. The Bertz CT molecular complexity index is 795. The number of amides is 2. The Kier molecular flexibility index (Phi) is 8.13. The van der Waals surface area contributed by atoms with Crippen LogP contribution < -0.4 is 10.2 Å². The van der Waals surface area contributed by atoms with Crippen LogP contribution in [0.2, 0.25) is 0 Å². The SMILES string of the molecule is CCCC(C=C(C)C)CN1CCC(N2C(=O)C(NC(=O)OCC)c3ccccc32)CC1. The fraction of sp³-hybridized carbons (Fsp3) is 0.600. The molecule has 31 heavy (non-hydrogen) atoms. The summed E-state index contributed by atoms with van der Waals surface area (Å²) in [4.78, 5) is 29.8.